The summed E-state index contributed by atoms with van der Waals surface area (Å²) in [5.41, 5.74) is 0. The van der Waals surface area contributed by atoms with E-state index in [1.54, 1.807) is 0 Å². The summed E-state index contributed by atoms with van der Waals surface area (Å²) in [6.45, 7) is 24.7. The molecule has 9 fully saturated rings. The summed E-state index contributed by atoms with van der Waals surface area (Å²) in [6.07, 6.45) is -10.4. The Balaban J connectivity index is 1.09. The molecule has 0 radical (unpaired) electrons. The molecule has 56 heavy (non-hydrogen) atoms. The maximum Gasteiger partial charge on any atom is 0.498 e. The van der Waals surface area contributed by atoms with Gasteiger partial charge in [0.15, 0.2) is 53.6 Å². The van der Waals surface area contributed by atoms with E-state index < -0.39 is 136 Å². The lowest BCUT2D eigenvalue weighted by atomic mass is 10.1. The molecule has 9 aliphatic rings. The predicted molar refractivity (Wildman–Crippen MR) is 187 cm³/mol. The zero-order chi connectivity index (χ0) is 40.0. The summed E-state index contributed by atoms with van der Waals surface area (Å²) in [6, 6.07) is 0. The van der Waals surface area contributed by atoms with Crippen molar-refractivity contribution < 1.29 is 84.3 Å². The third-order valence-corrected chi connectivity index (χ3v) is 13.4. The molecule has 0 unspecified atom stereocenters. The van der Waals surface area contributed by atoms with Gasteiger partial charge in [0.05, 0.1) is 19.8 Å². The number of hydrogen-bond donors (Lipinski definition) is 0. The summed E-state index contributed by atoms with van der Waals surface area (Å²) in [4.78, 5) is 0. The van der Waals surface area contributed by atoms with E-state index in [4.69, 9.17) is 84.3 Å². The van der Waals surface area contributed by atoms with Crippen molar-refractivity contribution in [2.75, 3.05) is 19.8 Å². The van der Waals surface area contributed by atoms with Crippen LogP contribution in [-0.4, -0.2) is 155 Å². The van der Waals surface area contributed by atoms with Gasteiger partial charge in [-0.15, -0.1) is 0 Å². The Morgan fingerprint density at radius 1 is 0.357 bits per heavy atom. The van der Waals surface area contributed by atoms with Crippen LogP contribution in [0, 0.1) is 0 Å². The molecule has 0 N–H and O–H groups in total. The third kappa shape index (κ3) is 7.80. The molecule has 9 aliphatic heterocycles. The molecule has 0 amide bonds. The second-order valence-corrected chi connectivity index (χ2v) is 21.4. The van der Waals surface area contributed by atoms with Crippen LogP contribution in [-0.2, 0) is 84.3 Å². The molecular weight excluding hydrogens is 760 g/mol. The fourth-order valence-corrected chi connectivity index (χ4v) is 11.7. The fourth-order valence-electron chi connectivity index (χ4n) is 9.27. The van der Waals surface area contributed by atoms with Crippen LogP contribution in [0.2, 0.25) is 6.55 Å². The lowest BCUT2D eigenvalue weighted by Crippen LogP contribution is -2.60. The topological polar surface area (TPSA) is 166 Å². The highest BCUT2D eigenvalue weighted by Gasteiger charge is 2.67. The van der Waals surface area contributed by atoms with Crippen molar-refractivity contribution in [1.82, 2.24) is 0 Å². The second kappa shape index (κ2) is 13.5. The van der Waals surface area contributed by atoms with Crippen molar-refractivity contribution in [2.24, 2.45) is 0 Å². The summed E-state index contributed by atoms with van der Waals surface area (Å²) < 4.78 is 117. The molecule has 0 spiro atoms. The van der Waals surface area contributed by atoms with E-state index in [2.05, 4.69) is 0 Å². The second-order valence-electron chi connectivity index (χ2n) is 18.9. The van der Waals surface area contributed by atoms with Gasteiger partial charge in [0.2, 0.25) is 0 Å². The van der Waals surface area contributed by atoms with E-state index in [9.17, 15) is 0 Å². The molecule has 19 heteroatoms. The molecule has 9 heterocycles. The van der Waals surface area contributed by atoms with Crippen LogP contribution in [0.3, 0.4) is 0 Å². The molecule has 0 bridgehead atoms. The Morgan fingerprint density at radius 2 is 0.625 bits per heavy atom. The van der Waals surface area contributed by atoms with Gasteiger partial charge in [-0.05, 0) is 83.1 Å². The van der Waals surface area contributed by atoms with Gasteiger partial charge in [-0.1, -0.05) is 0 Å². The monoisotopic (exact) mass is 820 g/mol. The van der Waals surface area contributed by atoms with Crippen molar-refractivity contribution in [1.29, 1.82) is 0 Å². The predicted octanol–water partition coefficient (Wildman–Crippen LogP) is 2.79. The Labute approximate surface area is 329 Å². The molecule has 0 saturated carbocycles. The molecule has 18 nitrogen and oxygen atoms in total. The zero-order valence-corrected chi connectivity index (χ0v) is 35.6. The number of hydrogen-bond acceptors (Lipinski definition) is 18. The van der Waals surface area contributed by atoms with Crippen LogP contribution in [0.5, 0.6) is 0 Å². The zero-order valence-electron chi connectivity index (χ0n) is 34.6. The van der Waals surface area contributed by atoms with Gasteiger partial charge >= 0.3 is 8.80 Å². The first-order valence-corrected chi connectivity index (χ1v) is 22.1. The third-order valence-electron chi connectivity index (χ3n) is 11.3. The highest BCUT2D eigenvalue weighted by molar-refractivity contribution is 6.59. The van der Waals surface area contributed by atoms with Gasteiger partial charge < -0.3 is 84.3 Å². The van der Waals surface area contributed by atoms with E-state index in [1.165, 1.54) is 0 Å². The minimum atomic E-state index is -4.08. The molecule has 0 aromatic rings. The van der Waals surface area contributed by atoms with Crippen LogP contribution in [0.4, 0.5) is 0 Å². The Hall–Kier alpha value is -0.503. The van der Waals surface area contributed by atoms with Gasteiger partial charge in [-0.2, -0.15) is 0 Å². The van der Waals surface area contributed by atoms with E-state index >= 15 is 0 Å². The lowest BCUT2D eigenvalue weighted by Gasteiger charge is -2.40. The number of rotatable bonds is 9. The van der Waals surface area contributed by atoms with Crippen LogP contribution in [0.1, 0.15) is 83.1 Å². The van der Waals surface area contributed by atoms with Gasteiger partial charge in [0, 0.05) is 6.55 Å². The summed E-state index contributed by atoms with van der Waals surface area (Å²) >= 11 is 0. The molecule has 0 aliphatic carbocycles. The first kappa shape index (κ1) is 40.9. The highest BCUT2D eigenvalue weighted by Crippen LogP contribution is 2.48. The number of fused-ring (bicyclic) bond motifs is 3. The van der Waals surface area contributed by atoms with Crippen molar-refractivity contribution in [3.63, 3.8) is 0 Å². The van der Waals surface area contributed by atoms with Crippen LogP contribution < -0.4 is 0 Å². The summed E-state index contributed by atoms with van der Waals surface area (Å²) in [5.74, 6) is -5.39. The van der Waals surface area contributed by atoms with E-state index in [-0.39, 0.29) is 19.8 Å². The quantitative estimate of drug-likeness (QED) is 0.312. The van der Waals surface area contributed by atoms with Crippen LogP contribution in [0.25, 0.3) is 0 Å². The van der Waals surface area contributed by atoms with Gasteiger partial charge in [0.25, 0.3) is 0 Å². The molecule has 9 rings (SSSR count). The molecular formula is C37H60O18Si. The first-order valence-electron chi connectivity index (χ1n) is 19.9. The average Bonchev–Trinajstić information content (AvgIpc) is 3.93. The van der Waals surface area contributed by atoms with E-state index in [0.29, 0.717) is 0 Å². The van der Waals surface area contributed by atoms with E-state index in [0.717, 1.165) is 0 Å². The van der Waals surface area contributed by atoms with Crippen molar-refractivity contribution in [2.45, 2.75) is 216 Å². The molecule has 15 atom stereocenters. The van der Waals surface area contributed by atoms with Gasteiger partial charge in [-0.3, -0.25) is 0 Å². The minimum absolute atomic E-state index is 0.259. The maximum absolute atomic E-state index is 7.31. The lowest BCUT2D eigenvalue weighted by molar-refractivity contribution is -0.243. The average molecular weight is 821 g/mol. The van der Waals surface area contributed by atoms with Crippen molar-refractivity contribution in [3.05, 3.63) is 0 Å². The highest BCUT2D eigenvalue weighted by atomic mass is 28.4. The molecule has 320 valence electrons. The van der Waals surface area contributed by atoms with Gasteiger partial charge in [-0.25, -0.2) is 0 Å². The fraction of sp³-hybridized carbons (Fsp3) is 1.00. The molecule has 0 aromatic heterocycles. The Morgan fingerprint density at radius 3 is 0.857 bits per heavy atom. The molecule has 0 aromatic carbocycles. The largest absolute Gasteiger partial charge is 0.498 e. The number of ether oxygens (including phenoxy) is 15. The van der Waals surface area contributed by atoms with Gasteiger partial charge in [0.1, 0.15) is 73.2 Å². The smallest absolute Gasteiger partial charge is 0.365 e. The Kier molecular flexibility index (Phi) is 9.85. The van der Waals surface area contributed by atoms with Crippen molar-refractivity contribution in [3.8, 4) is 0 Å². The molecule has 9 saturated heterocycles. The van der Waals surface area contributed by atoms with E-state index in [1.807, 2.05) is 89.6 Å². The summed E-state index contributed by atoms with van der Waals surface area (Å²) in [7, 11) is -4.08. The van der Waals surface area contributed by atoms with Crippen molar-refractivity contribution >= 4 is 8.80 Å². The maximum atomic E-state index is 7.31. The Bertz CT molecular complexity index is 1320. The standard InChI is InChI=1S/C37H60O18Si/c1-32(2)38-14-17(44-32)20-23(26-29(41-20)50-35(7,8)47-26)53-56(13,54-24-21(18-15-39-33(3,4)45-18)42-30-27(24)48-36(9,10)51-30)55-25-22(19-16-40-34(5,6)46-19)43-31-28(25)49-37(11,12)52-31/h17-31H,14-16H2,1-13H3/t17-,18-,19-,20-,21-,22-,23+,24+,25+,26-,27-,28-,29-,30-,31-/m1/s1. The normalized spacial score (nSPS) is 49.1. The van der Waals surface area contributed by atoms with Crippen LogP contribution >= 0.6 is 0 Å². The van der Waals surface area contributed by atoms with Crippen LogP contribution in [0.15, 0.2) is 0 Å². The minimum Gasteiger partial charge on any atom is -0.365 e. The first-order chi connectivity index (χ1) is 25.9. The summed E-state index contributed by atoms with van der Waals surface area (Å²) in [5, 5.41) is 0. The SMILES string of the molecule is CC1(C)O[C@H]2O[C@H]([C@H]3COC(C)(C)O3)[C@H](O[Si](C)(O[C@@H]3[C@H]4OC(C)(C)O[C@H]4O[C@@H]3[C@H]3COC(C)(C)O3)O[C@@H]3[C@H]4OC(C)(C)O[C@H]4O[C@@H]3[C@H]3COC(C)(C)O3)[C@H]2O1.